The molecule has 1 heterocycles. The molecular weight excluding hydrogens is 232 g/mol. The molecule has 98 valence electrons. The summed E-state index contributed by atoms with van der Waals surface area (Å²) in [6.45, 7) is 4.91. The predicted octanol–water partition coefficient (Wildman–Crippen LogP) is 2.05. The van der Waals surface area contributed by atoms with E-state index in [4.69, 9.17) is 14.6 Å². The Labute approximate surface area is 107 Å². The van der Waals surface area contributed by atoms with E-state index in [1.807, 2.05) is 26.0 Å². The summed E-state index contributed by atoms with van der Waals surface area (Å²) < 4.78 is 10.5. The molecule has 0 aliphatic carbocycles. The minimum atomic E-state index is -0.786. The zero-order valence-electron chi connectivity index (χ0n) is 10.9. The highest BCUT2D eigenvalue weighted by Gasteiger charge is 2.43. The average Bonchev–Trinajstić information content (AvgIpc) is 2.26. The molecule has 0 aromatic heterocycles. The van der Waals surface area contributed by atoms with E-state index in [-0.39, 0.29) is 11.8 Å². The highest BCUT2D eigenvalue weighted by atomic mass is 16.5. The molecule has 1 fully saturated rings. The first-order valence-electron chi connectivity index (χ1n) is 5.94. The maximum absolute atomic E-state index is 11.0. The van der Waals surface area contributed by atoms with Crippen molar-refractivity contribution in [1.29, 1.82) is 0 Å². The Bertz CT molecular complexity index is 475. The Hall–Kier alpha value is -1.55. The number of methoxy groups -OCH3 is 1. The molecule has 0 unspecified atom stereocenters. The lowest BCUT2D eigenvalue weighted by Crippen LogP contribution is -2.48. The van der Waals surface area contributed by atoms with Crippen molar-refractivity contribution >= 4 is 5.97 Å². The second-order valence-corrected chi connectivity index (χ2v) is 4.98. The summed E-state index contributed by atoms with van der Waals surface area (Å²) in [6.07, 6.45) is 0.111. The average molecular weight is 250 g/mol. The number of benzene rings is 1. The quantitative estimate of drug-likeness (QED) is 0.888. The number of carboxylic acid groups (broad SMARTS) is 1. The Morgan fingerprint density at radius 3 is 2.50 bits per heavy atom. The van der Waals surface area contributed by atoms with Crippen LogP contribution in [0.4, 0.5) is 0 Å². The normalized spacial score (nSPS) is 17.1. The summed E-state index contributed by atoms with van der Waals surface area (Å²) in [5.41, 5.74) is 2.78. The van der Waals surface area contributed by atoms with Gasteiger partial charge in [0, 0.05) is 0 Å². The standard InChI is InChI=1S/C14H18O4/c1-9-5-12(17-3)10(2)4-11(9)14(6-13(15)16)7-18-8-14/h4-5H,6-8H2,1-3H3,(H,15,16). The van der Waals surface area contributed by atoms with Crippen LogP contribution >= 0.6 is 0 Å². The van der Waals surface area contributed by atoms with Crippen molar-refractivity contribution in [2.24, 2.45) is 0 Å². The predicted molar refractivity (Wildman–Crippen MR) is 67.2 cm³/mol. The molecule has 4 nitrogen and oxygen atoms in total. The number of carboxylic acids is 1. The molecule has 1 aromatic carbocycles. The molecular formula is C14H18O4. The van der Waals surface area contributed by atoms with Gasteiger partial charge in [0.1, 0.15) is 5.75 Å². The third-order valence-electron chi connectivity index (χ3n) is 3.56. The molecule has 0 spiro atoms. The van der Waals surface area contributed by atoms with Gasteiger partial charge in [-0.15, -0.1) is 0 Å². The number of hydrogen-bond acceptors (Lipinski definition) is 3. The fraction of sp³-hybridized carbons (Fsp3) is 0.500. The molecule has 18 heavy (non-hydrogen) atoms. The van der Waals surface area contributed by atoms with Gasteiger partial charge in [-0.3, -0.25) is 4.79 Å². The molecule has 4 heteroatoms. The van der Waals surface area contributed by atoms with E-state index >= 15 is 0 Å². The lowest BCUT2D eigenvalue weighted by molar-refractivity contribution is -0.145. The highest BCUT2D eigenvalue weighted by molar-refractivity contribution is 5.70. The Morgan fingerprint density at radius 2 is 2.06 bits per heavy atom. The maximum atomic E-state index is 11.0. The number of ether oxygens (including phenoxy) is 2. The molecule has 0 atom stereocenters. The molecule has 0 radical (unpaired) electrons. The van der Waals surface area contributed by atoms with Crippen LogP contribution in [0.25, 0.3) is 0 Å². The fourth-order valence-corrected chi connectivity index (χ4v) is 2.57. The minimum Gasteiger partial charge on any atom is -0.496 e. The van der Waals surface area contributed by atoms with Crippen LogP contribution in [0.5, 0.6) is 5.75 Å². The smallest absolute Gasteiger partial charge is 0.304 e. The van der Waals surface area contributed by atoms with E-state index in [1.165, 1.54) is 0 Å². The Balaban J connectivity index is 2.43. The minimum absolute atomic E-state index is 0.111. The van der Waals surface area contributed by atoms with Gasteiger partial charge >= 0.3 is 5.97 Å². The van der Waals surface area contributed by atoms with Crippen LogP contribution in [0.2, 0.25) is 0 Å². The SMILES string of the molecule is COc1cc(C)c(C2(CC(=O)O)COC2)cc1C. The van der Waals surface area contributed by atoms with Gasteiger partial charge in [0.25, 0.3) is 0 Å². The summed E-state index contributed by atoms with van der Waals surface area (Å²) in [5.74, 6) is 0.0492. The molecule has 0 saturated carbocycles. The van der Waals surface area contributed by atoms with Gasteiger partial charge in [0.2, 0.25) is 0 Å². The van der Waals surface area contributed by atoms with Crippen molar-refractivity contribution in [3.63, 3.8) is 0 Å². The molecule has 1 N–H and O–H groups in total. The van der Waals surface area contributed by atoms with Crippen LogP contribution in [0.1, 0.15) is 23.1 Å². The van der Waals surface area contributed by atoms with Crippen LogP contribution in [0.15, 0.2) is 12.1 Å². The van der Waals surface area contributed by atoms with Gasteiger partial charge in [-0.25, -0.2) is 0 Å². The van der Waals surface area contributed by atoms with Gasteiger partial charge in [-0.05, 0) is 36.6 Å². The van der Waals surface area contributed by atoms with Gasteiger partial charge in [-0.2, -0.15) is 0 Å². The van der Waals surface area contributed by atoms with Crippen LogP contribution in [-0.4, -0.2) is 31.4 Å². The van der Waals surface area contributed by atoms with Crippen molar-refractivity contribution in [3.8, 4) is 5.75 Å². The number of aliphatic carboxylic acids is 1. The third-order valence-corrected chi connectivity index (χ3v) is 3.56. The van der Waals surface area contributed by atoms with E-state index in [0.29, 0.717) is 13.2 Å². The van der Waals surface area contributed by atoms with Crippen molar-refractivity contribution < 1.29 is 19.4 Å². The number of rotatable bonds is 4. The van der Waals surface area contributed by atoms with Crippen molar-refractivity contribution in [2.45, 2.75) is 25.7 Å². The molecule has 1 aliphatic rings. The van der Waals surface area contributed by atoms with E-state index in [0.717, 1.165) is 22.4 Å². The van der Waals surface area contributed by atoms with Gasteiger partial charge < -0.3 is 14.6 Å². The van der Waals surface area contributed by atoms with Crippen molar-refractivity contribution in [1.82, 2.24) is 0 Å². The maximum Gasteiger partial charge on any atom is 0.304 e. The summed E-state index contributed by atoms with van der Waals surface area (Å²) in [6, 6.07) is 3.99. The van der Waals surface area contributed by atoms with Crippen molar-refractivity contribution in [2.75, 3.05) is 20.3 Å². The van der Waals surface area contributed by atoms with Crippen LogP contribution in [-0.2, 0) is 14.9 Å². The Morgan fingerprint density at radius 1 is 1.39 bits per heavy atom. The highest BCUT2D eigenvalue weighted by Crippen LogP contribution is 2.39. The summed E-state index contributed by atoms with van der Waals surface area (Å²) >= 11 is 0. The van der Waals surface area contributed by atoms with Crippen LogP contribution in [0.3, 0.4) is 0 Å². The first-order valence-corrected chi connectivity index (χ1v) is 5.94. The number of carbonyl (C=O) groups is 1. The zero-order valence-corrected chi connectivity index (χ0v) is 10.9. The van der Waals surface area contributed by atoms with Crippen molar-refractivity contribution in [3.05, 3.63) is 28.8 Å². The third kappa shape index (κ3) is 2.08. The number of aryl methyl sites for hydroxylation is 2. The van der Waals surface area contributed by atoms with Gasteiger partial charge in [-0.1, -0.05) is 6.07 Å². The second kappa shape index (κ2) is 4.61. The lowest BCUT2D eigenvalue weighted by Gasteiger charge is -2.42. The summed E-state index contributed by atoms with van der Waals surface area (Å²) in [4.78, 5) is 11.0. The van der Waals surface area contributed by atoms with Crippen LogP contribution in [0, 0.1) is 13.8 Å². The van der Waals surface area contributed by atoms with Gasteiger partial charge in [0.15, 0.2) is 0 Å². The zero-order chi connectivity index (χ0) is 13.3. The second-order valence-electron chi connectivity index (χ2n) is 4.98. The molecule has 2 rings (SSSR count). The lowest BCUT2D eigenvalue weighted by atomic mass is 9.73. The molecule has 0 bridgehead atoms. The topological polar surface area (TPSA) is 55.8 Å². The van der Waals surface area contributed by atoms with E-state index < -0.39 is 5.97 Å². The van der Waals surface area contributed by atoms with E-state index in [2.05, 4.69) is 0 Å². The summed E-state index contributed by atoms with van der Waals surface area (Å²) in [7, 11) is 1.64. The fourth-order valence-electron chi connectivity index (χ4n) is 2.57. The summed E-state index contributed by atoms with van der Waals surface area (Å²) in [5, 5.41) is 9.06. The molecule has 0 amide bonds. The largest absolute Gasteiger partial charge is 0.496 e. The monoisotopic (exact) mass is 250 g/mol. The first-order chi connectivity index (χ1) is 8.48. The molecule has 1 aliphatic heterocycles. The Kier molecular flexibility index (Phi) is 3.30. The van der Waals surface area contributed by atoms with Crippen LogP contribution < -0.4 is 4.74 Å². The first kappa shape index (κ1) is 12.9. The number of hydrogen-bond donors (Lipinski definition) is 1. The van der Waals surface area contributed by atoms with E-state index in [9.17, 15) is 4.79 Å². The van der Waals surface area contributed by atoms with E-state index in [1.54, 1.807) is 7.11 Å². The molecule has 1 saturated heterocycles. The molecule has 1 aromatic rings. The van der Waals surface area contributed by atoms with Gasteiger partial charge in [0.05, 0.1) is 32.2 Å².